The van der Waals surface area contributed by atoms with Crippen LogP contribution in [0.5, 0.6) is 0 Å². The standard InChI is InChI=1S/C16H21N3/c1-19(2)15-9-4-12(5-10-15)3-6-13-7-8-14(17)11-16(13)18/h4-5,7-11H,3,6,17-18H2,1-2H3. The monoisotopic (exact) mass is 255 g/mol. The van der Waals surface area contributed by atoms with Crippen LogP contribution in [0.4, 0.5) is 17.1 Å². The van der Waals surface area contributed by atoms with Crippen LogP contribution in [0, 0.1) is 0 Å². The van der Waals surface area contributed by atoms with Crippen molar-refractivity contribution >= 4 is 17.1 Å². The molecule has 0 unspecified atom stereocenters. The number of nitrogen functional groups attached to an aromatic ring is 2. The molecule has 2 aromatic carbocycles. The molecule has 0 aliphatic rings. The van der Waals surface area contributed by atoms with Crippen LogP contribution in [-0.2, 0) is 12.8 Å². The van der Waals surface area contributed by atoms with Crippen LogP contribution in [0.3, 0.4) is 0 Å². The van der Waals surface area contributed by atoms with E-state index in [-0.39, 0.29) is 0 Å². The van der Waals surface area contributed by atoms with Crippen molar-refractivity contribution < 1.29 is 0 Å². The Morgan fingerprint density at radius 1 is 0.895 bits per heavy atom. The van der Waals surface area contributed by atoms with Gasteiger partial charge in [-0.05, 0) is 48.2 Å². The van der Waals surface area contributed by atoms with E-state index in [4.69, 9.17) is 11.5 Å². The molecule has 0 aliphatic heterocycles. The van der Waals surface area contributed by atoms with Crippen LogP contribution in [0.2, 0.25) is 0 Å². The van der Waals surface area contributed by atoms with Crippen LogP contribution in [0.15, 0.2) is 42.5 Å². The molecule has 2 rings (SSSR count). The third kappa shape index (κ3) is 3.41. The van der Waals surface area contributed by atoms with Gasteiger partial charge in [-0.1, -0.05) is 18.2 Å². The molecule has 0 amide bonds. The van der Waals surface area contributed by atoms with E-state index < -0.39 is 0 Å². The topological polar surface area (TPSA) is 55.3 Å². The van der Waals surface area contributed by atoms with E-state index in [2.05, 4.69) is 29.2 Å². The third-order valence-corrected chi connectivity index (χ3v) is 3.31. The largest absolute Gasteiger partial charge is 0.399 e. The average molecular weight is 255 g/mol. The number of nitrogens with zero attached hydrogens (tertiary/aromatic N) is 1. The van der Waals surface area contributed by atoms with Crippen molar-refractivity contribution in [2.24, 2.45) is 0 Å². The molecular formula is C16H21N3. The molecule has 0 spiro atoms. The van der Waals surface area contributed by atoms with Crippen LogP contribution >= 0.6 is 0 Å². The molecule has 0 saturated heterocycles. The quantitative estimate of drug-likeness (QED) is 0.826. The maximum absolute atomic E-state index is 5.96. The summed E-state index contributed by atoms with van der Waals surface area (Å²) in [7, 11) is 4.09. The first-order valence-electron chi connectivity index (χ1n) is 6.46. The fourth-order valence-electron chi connectivity index (χ4n) is 2.08. The highest BCUT2D eigenvalue weighted by atomic mass is 15.1. The first kappa shape index (κ1) is 13.3. The maximum atomic E-state index is 5.96. The summed E-state index contributed by atoms with van der Waals surface area (Å²) >= 11 is 0. The van der Waals surface area contributed by atoms with Gasteiger partial charge in [0.1, 0.15) is 0 Å². The van der Waals surface area contributed by atoms with Crippen molar-refractivity contribution in [2.75, 3.05) is 30.5 Å². The summed E-state index contributed by atoms with van der Waals surface area (Å²) in [4.78, 5) is 2.10. The molecule has 0 bridgehead atoms. The van der Waals surface area contributed by atoms with Crippen molar-refractivity contribution in [1.82, 2.24) is 0 Å². The Bertz CT molecular complexity index is 544. The van der Waals surface area contributed by atoms with Crippen molar-refractivity contribution in [3.8, 4) is 0 Å². The smallest absolute Gasteiger partial charge is 0.0367 e. The molecule has 0 saturated carbocycles. The molecule has 0 radical (unpaired) electrons. The molecule has 3 heteroatoms. The lowest BCUT2D eigenvalue weighted by Gasteiger charge is -2.13. The third-order valence-electron chi connectivity index (χ3n) is 3.31. The number of rotatable bonds is 4. The van der Waals surface area contributed by atoms with E-state index >= 15 is 0 Å². The minimum absolute atomic E-state index is 0.719. The SMILES string of the molecule is CN(C)c1ccc(CCc2ccc(N)cc2N)cc1. The van der Waals surface area contributed by atoms with E-state index in [9.17, 15) is 0 Å². The Labute approximate surface area is 114 Å². The maximum Gasteiger partial charge on any atom is 0.0367 e. The molecule has 2 aromatic rings. The van der Waals surface area contributed by atoms with Crippen molar-refractivity contribution in [2.45, 2.75) is 12.8 Å². The number of aryl methyl sites for hydroxylation is 2. The summed E-state index contributed by atoms with van der Waals surface area (Å²) in [6, 6.07) is 14.4. The average Bonchev–Trinajstić information content (AvgIpc) is 2.38. The second-order valence-corrected chi connectivity index (χ2v) is 5.02. The van der Waals surface area contributed by atoms with Crippen LogP contribution in [-0.4, -0.2) is 14.1 Å². The molecule has 0 aliphatic carbocycles. The molecule has 0 fully saturated rings. The van der Waals surface area contributed by atoms with Crippen LogP contribution < -0.4 is 16.4 Å². The lowest BCUT2D eigenvalue weighted by atomic mass is 10.0. The Kier molecular flexibility index (Phi) is 3.95. The number of benzene rings is 2. The Balaban J connectivity index is 2.02. The molecular weight excluding hydrogens is 234 g/mol. The highest BCUT2D eigenvalue weighted by Gasteiger charge is 2.01. The Hall–Kier alpha value is -2.16. The summed E-state index contributed by atoms with van der Waals surface area (Å²) < 4.78 is 0. The van der Waals surface area contributed by atoms with Gasteiger partial charge in [0, 0.05) is 31.2 Å². The zero-order valence-corrected chi connectivity index (χ0v) is 11.6. The van der Waals surface area contributed by atoms with Gasteiger partial charge in [-0.15, -0.1) is 0 Å². The predicted octanol–water partition coefficient (Wildman–Crippen LogP) is 2.70. The van der Waals surface area contributed by atoms with Gasteiger partial charge in [0.05, 0.1) is 0 Å². The minimum Gasteiger partial charge on any atom is -0.399 e. The second-order valence-electron chi connectivity index (χ2n) is 5.02. The summed E-state index contributed by atoms with van der Waals surface area (Å²) in [5, 5.41) is 0. The molecule has 100 valence electrons. The minimum atomic E-state index is 0.719. The number of nitrogens with two attached hydrogens (primary N) is 2. The van der Waals surface area contributed by atoms with Gasteiger partial charge in [0.15, 0.2) is 0 Å². The number of anilines is 3. The molecule has 4 N–H and O–H groups in total. The van der Waals surface area contributed by atoms with Gasteiger partial charge in [0.25, 0.3) is 0 Å². The van der Waals surface area contributed by atoms with Gasteiger partial charge in [-0.25, -0.2) is 0 Å². The normalized spacial score (nSPS) is 10.4. The Morgan fingerprint density at radius 3 is 2.16 bits per heavy atom. The van der Waals surface area contributed by atoms with E-state index in [1.54, 1.807) is 0 Å². The van der Waals surface area contributed by atoms with Crippen LogP contribution in [0.1, 0.15) is 11.1 Å². The summed E-state index contributed by atoms with van der Waals surface area (Å²) in [6.45, 7) is 0. The molecule has 0 aromatic heterocycles. The first-order valence-corrected chi connectivity index (χ1v) is 6.46. The van der Waals surface area contributed by atoms with Gasteiger partial charge in [0.2, 0.25) is 0 Å². The number of hydrogen-bond acceptors (Lipinski definition) is 3. The van der Waals surface area contributed by atoms with Crippen molar-refractivity contribution in [3.63, 3.8) is 0 Å². The molecule has 0 heterocycles. The predicted molar refractivity (Wildman–Crippen MR) is 83.4 cm³/mol. The van der Waals surface area contributed by atoms with Crippen LogP contribution in [0.25, 0.3) is 0 Å². The fraction of sp³-hybridized carbons (Fsp3) is 0.250. The van der Waals surface area contributed by atoms with Crippen molar-refractivity contribution in [1.29, 1.82) is 0 Å². The zero-order chi connectivity index (χ0) is 13.8. The fourth-order valence-corrected chi connectivity index (χ4v) is 2.08. The van der Waals surface area contributed by atoms with Gasteiger partial charge in [-0.2, -0.15) is 0 Å². The van der Waals surface area contributed by atoms with E-state index in [1.165, 1.54) is 11.3 Å². The molecule has 19 heavy (non-hydrogen) atoms. The lowest BCUT2D eigenvalue weighted by Crippen LogP contribution is -2.08. The van der Waals surface area contributed by atoms with Gasteiger partial charge >= 0.3 is 0 Å². The molecule has 0 atom stereocenters. The Morgan fingerprint density at radius 2 is 1.58 bits per heavy atom. The number of hydrogen-bond donors (Lipinski definition) is 2. The zero-order valence-electron chi connectivity index (χ0n) is 11.6. The summed E-state index contributed by atoms with van der Waals surface area (Å²) in [5.41, 5.74) is 16.9. The highest BCUT2D eigenvalue weighted by molar-refractivity contribution is 5.57. The van der Waals surface area contributed by atoms with Crippen molar-refractivity contribution in [3.05, 3.63) is 53.6 Å². The van der Waals surface area contributed by atoms with E-state index in [1.807, 2.05) is 32.3 Å². The first-order chi connectivity index (χ1) is 9.06. The summed E-state index contributed by atoms with van der Waals surface area (Å²) in [6.07, 6.45) is 1.93. The van der Waals surface area contributed by atoms with Gasteiger partial charge in [-0.3, -0.25) is 0 Å². The molecule has 3 nitrogen and oxygen atoms in total. The highest BCUT2D eigenvalue weighted by Crippen LogP contribution is 2.19. The van der Waals surface area contributed by atoms with E-state index in [0.717, 1.165) is 29.8 Å². The van der Waals surface area contributed by atoms with E-state index in [0.29, 0.717) is 0 Å². The summed E-state index contributed by atoms with van der Waals surface area (Å²) in [5.74, 6) is 0. The lowest BCUT2D eigenvalue weighted by molar-refractivity contribution is 0.962. The second kappa shape index (κ2) is 5.65. The van der Waals surface area contributed by atoms with Gasteiger partial charge < -0.3 is 16.4 Å².